The molecule has 0 aliphatic rings. The molecule has 0 bridgehead atoms. The van der Waals surface area contributed by atoms with Crippen molar-refractivity contribution in [2.24, 2.45) is 0 Å². The zero-order valence-corrected chi connectivity index (χ0v) is 13.5. The molecule has 0 amide bonds. The van der Waals surface area contributed by atoms with Crippen molar-refractivity contribution < 1.29 is 9.47 Å². The molecular formula is C16H18BrNO2. The molecular weight excluding hydrogens is 318 g/mol. The van der Waals surface area contributed by atoms with Gasteiger partial charge < -0.3 is 9.47 Å². The summed E-state index contributed by atoms with van der Waals surface area (Å²) in [7, 11) is 3.31. The van der Waals surface area contributed by atoms with Crippen LogP contribution in [0.5, 0.6) is 11.5 Å². The highest BCUT2D eigenvalue weighted by Gasteiger charge is 2.12. The van der Waals surface area contributed by atoms with Crippen LogP contribution >= 0.6 is 15.9 Å². The largest absolute Gasteiger partial charge is 0.497 e. The summed E-state index contributed by atoms with van der Waals surface area (Å²) in [6, 6.07) is 10.0. The van der Waals surface area contributed by atoms with Gasteiger partial charge in [-0.25, -0.2) is 0 Å². The van der Waals surface area contributed by atoms with Gasteiger partial charge in [-0.05, 0) is 36.2 Å². The molecule has 0 aliphatic heterocycles. The van der Waals surface area contributed by atoms with E-state index in [9.17, 15) is 0 Å². The van der Waals surface area contributed by atoms with Crippen molar-refractivity contribution in [1.29, 1.82) is 0 Å². The number of halogens is 1. The Bertz CT molecular complexity index is 547. The second-order valence-electron chi connectivity index (χ2n) is 4.64. The number of rotatable bonds is 5. The number of hydrogen-bond acceptors (Lipinski definition) is 3. The van der Waals surface area contributed by atoms with Crippen molar-refractivity contribution in [2.45, 2.75) is 18.2 Å². The highest BCUT2D eigenvalue weighted by Crippen LogP contribution is 2.32. The van der Waals surface area contributed by atoms with Crippen LogP contribution < -0.4 is 9.47 Å². The minimum atomic E-state index is 0.168. The van der Waals surface area contributed by atoms with Crippen LogP contribution in [0, 0.1) is 6.92 Å². The highest BCUT2D eigenvalue weighted by atomic mass is 79.9. The second-order valence-corrected chi connectivity index (χ2v) is 5.75. The molecule has 0 fully saturated rings. The van der Waals surface area contributed by atoms with Crippen molar-refractivity contribution in [3.8, 4) is 11.5 Å². The van der Waals surface area contributed by atoms with Crippen molar-refractivity contribution in [3.63, 3.8) is 0 Å². The van der Waals surface area contributed by atoms with E-state index in [1.54, 1.807) is 14.2 Å². The zero-order valence-electron chi connectivity index (χ0n) is 11.9. The number of aryl methyl sites for hydroxylation is 1. The molecule has 1 heterocycles. The summed E-state index contributed by atoms with van der Waals surface area (Å²) in [4.78, 5) is 4.60. The van der Waals surface area contributed by atoms with E-state index in [2.05, 4.69) is 33.0 Å². The summed E-state index contributed by atoms with van der Waals surface area (Å²) in [5, 5.41) is 0. The van der Waals surface area contributed by atoms with Gasteiger partial charge in [0.25, 0.3) is 0 Å². The minimum Gasteiger partial charge on any atom is -0.497 e. The first-order chi connectivity index (χ1) is 9.62. The minimum absolute atomic E-state index is 0.168. The number of ether oxygens (including phenoxy) is 2. The topological polar surface area (TPSA) is 31.4 Å². The third-order valence-electron chi connectivity index (χ3n) is 3.10. The molecule has 20 heavy (non-hydrogen) atoms. The van der Waals surface area contributed by atoms with E-state index in [1.807, 2.05) is 31.3 Å². The molecule has 0 saturated heterocycles. The number of benzene rings is 1. The summed E-state index contributed by atoms with van der Waals surface area (Å²) in [5.74, 6) is 1.58. The lowest BCUT2D eigenvalue weighted by atomic mass is 10.1. The third kappa shape index (κ3) is 3.73. The Morgan fingerprint density at radius 3 is 2.25 bits per heavy atom. The molecule has 106 valence electrons. The fourth-order valence-corrected chi connectivity index (χ4v) is 2.53. The van der Waals surface area contributed by atoms with Crippen LogP contribution in [0.4, 0.5) is 0 Å². The smallest absolute Gasteiger partial charge is 0.122 e. The van der Waals surface area contributed by atoms with Crippen LogP contribution in [0.25, 0.3) is 0 Å². The van der Waals surface area contributed by atoms with Gasteiger partial charge in [-0.3, -0.25) is 4.98 Å². The predicted octanol–water partition coefficient (Wildman–Crippen LogP) is 4.09. The van der Waals surface area contributed by atoms with E-state index in [1.165, 1.54) is 5.56 Å². The lowest BCUT2D eigenvalue weighted by molar-refractivity contribution is 0.393. The lowest BCUT2D eigenvalue weighted by Gasteiger charge is -2.13. The van der Waals surface area contributed by atoms with Gasteiger partial charge >= 0.3 is 0 Å². The summed E-state index contributed by atoms with van der Waals surface area (Å²) in [6.07, 6.45) is 2.71. The van der Waals surface area contributed by atoms with Gasteiger partial charge in [-0.15, -0.1) is 0 Å². The van der Waals surface area contributed by atoms with E-state index in [0.29, 0.717) is 0 Å². The molecule has 3 nitrogen and oxygen atoms in total. The first-order valence-corrected chi connectivity index (χ1v) is 7.32. The molecule has 0 saturated carbocycles. The molecule has 4 heteroatoms. The van der Waals surface area contributed by atoms with E-state index in [-0.39, 0.29) is 4.83 Å². The average Bonchev–Trinajstić information content (AvgIpc) is 2.48. The van der Waals surface area contributed by atoms with Crippen LogP contribution in [0.2, 0.25) is 0 Å². The molecule has 1 atom stereocenters. The molecule has 0 aliphatic carbocycles. The van der Waals surface area contributed by atoms with E-state index in [4.69, 9.17) is 9.47 Å². The molecule has 0 radical (unpaired) electrons. The van der Waals surface area contributed by atoms with Crippen LogP contribution in [0.1, 0.15) is 21.6 Å². The molecule has 2 rings (SSSR count). The fourth-order valence-electron chi connectivity index (χ4n) is 1.93. The molecule has 1 aromatic carbocycles. The van der Waals surface area contributed by atoms with Crippen LogP contribution in [0.3, 0.4) is 0 Å². The maximum atomic E-state index is 5.30. The second kappa shape index (κ2) is 6.75. The normalized spacial score (nSPS) is 12.0. The number of aromatic nitrogens is 1. The summed E-state index contributed by atoms with van der Waals surface area (Å²) >= 11 is 3.72. The Hall–Kier alpha value is -1.55. The van der Waals surface area contributed by atoms with Crippen LogP contribution in [-0.2, 0) is 6.42 Å². The predicted molar refractivity (Wildman–Crippen MR) is 83.9 cm³/mol. The Labute approximate surface area is 128 Å². The summed E-state index contributed by atoms with van der Waals surface area (Å²) in [6.45, 7) is 2.04. The molecule has 0 spiro atoms. The van der Waals surface area contributed by atoms with Gasteiger partial charge in [0.15, 0.2) is 0 Å². The quantitative estimate of drug-likeness (QED) is 0.771. The van der Waals surface area contributed by atoms with Gasteiger partial charge in [0.05, 0.1) is 14.2 Å². The Balaban J connectivity index is 2.19. The van der Waals surface area contributed by atoms with E-state index < -0.39 is 0 Å². The number of hydrogen-bond donors (Lipinski definition) is 0. The van der Waals surface area contributed by atoms with Gasteiger partial charge in [-0.1, -0.05) is 22.0 Å². The third-order valence-corrected chi connectivity index (χ3v) is 3.95. The van der Waals surface area contributed by atoms with Crippen molar-refractivity contribution in [2.75, 3.05) is 14.2 Å². The fraction of sp³-hybridized carbons (Fsp3) is 0.312. The SMILES string of the molecule is COc1cc(OC)cc(C(Br)Cc2ccc(C)cn2)c1. The first-order valence-electron chi connectivity index (χ1n) is 6.41. The van der Waals surface area contributed by atoms with E-state index >= 15 is 0 Å². The van der Waals surface area contributed by atoms with Crippen LogP contribution in [-0.4, -0.2) is 19.2 Å². The maximum Gasteiger partial charge on any atom is 0.122 e. The van der Waals surface area contributed by atoms with Gasteiger partial charge in [0.2, 0.25) is 0 Å². The number of methoxy groups -OCH3 is 2. The Morgan fingerprint density at radius 2 is 1.75 bits per heavy atom. The van der Waals surface area contributed by atoms with Crippen molar-refractivity contribution >= 4 is 15.9 Å². The Morgan fingerprint density at radius 1 is 1.10 bits per heavy atom. The number of nitrogens with zero attached hydrogens (tertiary/aromatic N) is 1. The van der Waals surface area contributed by atoms with E-state index in [0.717, 1.165) is 29.2 Å². The standard InChI is InChI=1S/C16H18BrNO2/c1-11-4-5-13(18-10-11)8-16(17)12-6-14(19-2)9-15(7-12)20-3/h4-7,9-10,16H,8H2,1-3H3. The highest BCUT2D eigenvalue weighted by molar-refractivity contribution is 9.09. The average molecular weight is 336 g/mol. The van der Waals surface area contributed by atoms with Crippen molar-refractivity contribution in [3.05, 3.63) is 53.3 Å². The number of pyridine rings is 1. The van der Waals surface area contributed by atoms with Gasteiger partial charge in [-0.2, -0.15) is 0 Å². The molecule has 1 aromatic heterocycles. The number of alkyl halides is 1. The molecule has 2 aromatic rings. The molecule has 0 N–H and O–H groups in total. The molecule has 1 unspecified atom stereocenters. The summed E-state index contributed by atoms with van der Waals surface area (Å²) in [5.41, 5.74) is 3.34. The maximum absolute atomic E-state index is 5.30. The zero-order chi connectivity index (χ0) is 14.5. The lowest BCUT2D eigenvalue weighted by Crippen LogP contribution is -1.99. The van der Waals surface area contributed by atoms with Crippen LogP contribution in [0.15, 0.2) is 36.5 Å². The monoisotopic (exact) mass is 335 g/mol. The summed E-state index contributed by atoms with van der Waals surface area (Å²) < 4.78 is 10.6. The van der Waals surface area contributed by atoms with Crippen molar-refractivity contribution in [1.82, 2.24) is 4.98 Å². The van der Waals surface area contributed by atoms with Gasteiger partial charge in [0, 0.05) is 29.2 Å². The Kier molecular flexibility index (Phi) is 5.01. The first kappa shape index (κ1) is 14.9. The van der Waals surface area contributed by atoms with Gasteiger partial charge in [0.1, 0.15) is 11.5 Å².